The minimum absolute atomic E-state index is 0.0957. The van der Waals surface area contributed by atoms with Gasteiger partial charge >= 0.3 is 12.2 Å². The normalized spacial score (nSPS) is 22.5. The summed E-state index contributed by atoms with van der Waals surface area (Å²) in [5, 5.41) is 4.87. The van der Waals surface area contributed by atoms with E-state index in [1.54, 1.807) is 20.8 Å². The first-order valence-corrected chi connectivity index (χ1v) is 5.41. The second-order valence-electron chi connectivity index (χ2n) is 4.87. The van der Waals surface area contributed by atoms with E-state index in [1.165, 1.54) is 0 Å². The summed E-state index contributed by atoms with van der Waals surface area (Å²) >= 11 is 0. The standard InChI is InChI=1S/C10H17N3O5/c1-10(2,3)18-9(16)13-6-5(12-7(6)14)4-17-8(11)15/h5-6H,4H2,1-3H3,(H2,11,15)(H,12,14)(H,13,16). The first-order chi connectivity index (χ1) is 8.19. The maximum absolute atomic E-state index is 11.4. The summed E-state index contributed by atoms with van der Waals surface area (Å²) in [4.78, 5) is 33.1. The number of rotatable bonds is 3. The Kier molecular flexibility index (Phi) is 4.00. The Morgan fingerprint density at radius 1 is 1.44 bits per heavy atom. The van der Waals surface area contributed by atoms with Crippen molar-refractivity contribution >= 4 is 18.1 Å². The Labute approximate surface area is 104 Å². The molecule has 102 valence electrons. The van der Waals surface area contributed by atoms with Gasteiger partial charge in [0.05, 0.1) is 6.04 Å². The quantitative estimate of drug-likeness (QED) is 0.589. The largest absolute Gasteiger partial charge is 0.447 e. The molecule has 1 fully saturated rings. The molecule has 1 rings (SSSR count). The van der Waals surface area contributed by atoms with Crippen LogP contribution in [0.2, 0.25) is 0 Å². The van der Waals surface area contributed by atoms with E-state index in [1.807, 2.05) is 0 Å². The zero-order valence-corrected chi connectivity index (χ0v) is 10.5. The van der Waals surface area contributed by atoms with Gasteiger partial charge in [-0.3, -0.25) is 4.79 Å². The van der Waals surface area contributed by atoms with Crippen molar-refractivity contribution < 1.29 is 23.9 Å². The van der Waals surface area contributed by atoms with E-state index in [9.17, 15) is 14.4 Å². The van der Waals surface area contributed by atoms with Gasteiger partial charge < -0.3 is 25.8 Å². The molecule has 0 aromatic heterocycles. The first-order valence-electron chi connectivity index (χ1n) is 5.41. The van der Waals surface area contributed by atoms with Gasteiger partial charge in [0.1, 0.15) is 18.2 Å². The van der Waals surface area contributed by atoms with Crippen LogP contribution < -0.4 is 16.4 Å². The van der Waals surface area contributed by atoms with Gasteiger partial charge in [0.25, 0.3) is 0 Å². The van der Waals surface area contributed by atoms with Crippen LogP contribution in [0.5, 0.6) is 0 Å². The van der Waals surface area contributed by atoms with Gasteiger partial charge in [-0.15, -0.1) is 0 Å². The van der Waals surface area contributed by atoms with Gasteiger partial charge in [0.2, 0.25) is 5.91 Å². The summed E-state index contributed by atoms with van der Waals surface area (Å²) in [6.07, 6.45) is -1.64. The van der Waals surface area contributed by atoms with Gasteiger partial charge in [-0.1, -0.05) is 0 Å². The SMILES string of the molecule is CC(C)(C)OC(=O)NC1C(=O)NC1COC(N)=O. The molecule has 0 bridgehead atoms. The Hall–Kier alpha value is -1.99. The number of nitrogens with two attached hydrogens (primary N) is 1. The third-order valence-electron chi connectivity index (χ3n) is 2.09. The third kappa shape index (κ3) is 4.11. The Bertz CT molecular complexity index is 363. The number of primary amides is 1. The van der Waals surface area contributed by atoms with E-state index in [0.717, 1.165) is 0 Å². The lowest BCUT2D eigenvalue weighted by molar-refractivity contribution is -0.132. The van der Waals surface area contributed by atoms with Gasteiger partial charge in [-0.05, 0) is 20.8 Å². The number of carbonyl (C=O) groups is 3. The molecule has 3 amide bonds. The van der Waals surface area contributed by atoms with Crippen LogP contribution in [0.25, 0.3) is 0 Å². The highest BCUT2D eigenvalue weighted by Gasteiger charge is 2.41. The topological polar surface area (TPSA) is 120 Å². The molecule has 8 nitrogen and oxygen atoms in total. The van der Waals surface area contributed by atoms with Crippen molar-refractivity contribution in [2.75, 3.05) is 6.61 Å². The summed E-state index contributed by atoms with van der Waals surface area (Å²) in [6.45, 7) is 5.03. The molecule has 0 aliphatic carbocycles. The fraction of sp³-hybridized carbons (Fsp3) is 0.700. The molecule has 1 aliphatic rings. The lowest BCUT2D eigenvalue weighted by Crippen LogP contribution is -2.70. The van der Waals surface area contributed by atoms with Gasteiger partial charge in [-0.25, -0.2) is 9.59 Å². The van der Waals surface area contributed by atoms with Crippen molar-refractivity contribution in [3.63, 3.8) is 0 Å². The maximum Gasteiger partial charge on any atom is 0.408 e. The van der Waals surface area contributed by atoms with Gasteiger partial charge in [0, 0.05) is 0 Å². The van der Waals surface area contributed by atoms with E-state index in [0.29, 0.717) is 0 Å². The monoisotopic (exact) mass is 259 g/mol. The first kappa shape index (κ1) is 14.1. The fourth-order valence-corrected chi connectivity index (χ4v) is 1.35. The zero-order valence-electron chi connectivity index (χ0n) is 10.5. The van der Waals surface area contributed by atoms with Crippen LogP contribution in [0.15, 0.2) is 0 Å². The second-order valence-corrected chi connectivity index (χ2v) is 4.87. The third-order valence-corrected chi connectivity index (χ3v) is 2.09. The average molecular weight is 259 g/mol. The predicted octanol–water partition coefficient (Wildman–Crippen LogP) is -0.527. The number of hydrogen-bond donors (Lipinski definition) is 3. The minimum atomic E-state index is -0.938. The molecule has 2 unspecified atom stereocenters. The molecular formula is C10H17N3O5. The number of amides is 3. The molecule has 4 N–H and O–H groups in total. The lowest BCUT2D eigenvalue weighted by atomic mass is 10.0. The fourth-order valence-electron chi connectivity index (χ4n) is 1.35. The molecule has 0 saturated carbocycles. The highest BCUT2D eigenvalue weighted by molar-refractivity contribution is 5.92. The molecule has 0 spiro atoms. The van der Waals surface area contributed by atoms with Crippen molar-refractivity contribution in [3.8, 4) is 0 Å². The van der Waals surface area contributed by atoms with Gasteiger partial charge in [-0.2, -0.15) is 0 Å². The molecule has 1 aliphatic heterocycles. The number of nitrogens with one attached hydrogen (secondary N) is 2. The number of ether oxygens (including phenoxy) is 2. The molecule has 2 atom stereocenters. The summed E-state index contributed by atoms with van der Waals surface area (Å²) in [5.74, 6) is -0.362. The molecule has 0 aromatic carbocycles. The Morgan fingerprint density at radius 3 is 2.50 bits per heavy atom. The van der Waals surface area contributed by atoms with Crippen LogP contribution in [-0.2, 0) is 14.3 Å². The van der Waals surface area contributed by atoms with E-state index in [2.05, 4.69) is 15.4 Å². The smallest absolute Gasteiger partial charge is 0.408 e. The van der Waals surface area contributed by atoms with Crippen molar-refractivity contribution in [2.45, 2.75) is 38.5 Å². The molecule has 0 aromatic rings. The average Bonchev–Trinajstić information content (AvgIpc) is 2.18. The molecular weight excluding hydrogens is 242 g/mol. The van der Waals surface area contributed by atoms with Crippen LogP contribution in [0.4, 0.5) is 9.59 Å². The molecule has 8 heteroatoms. The van der Waals surface area contributed by atoms with Crippen LogP contribution >= 0.6 is 0 Å². The Morgan fingerprint density at radius 2 is 2.06 bits per heavy atom. The summed E-state index contributed by atoms with van der Waals surface area (Å²) in [6, 6.07) is -1.27. The summed E-state index contributed by atoms with van der Waals surface area (Å²) in [5.41, 5.74) is 4.15. The van der Waals surface area contributed by atoms with Crippen molar-refractivity contribution in [1.29, 1.82) is 0 Å². The van der Waals surface area contributed by atoms with Gasteiger partial charge in [0.15, 0.2) is 0 Å². The molecule has 0 radical (unpaired) electrons. The molecule has 1 saturated heterocycles. The highest BCUT2D eigenvalue weighted by atomic mass is 16.6. The zero-order chi connectivity index (χ0) is 13.9. The summed E-state index contributed by atoms with van der Waals surface area (Å²) < 4.78 is 9.54. The second kappa shape index (κ2) is 5.11. The van der Waals surface area contributed by atoms with Crippen LogP contribution in [0, 0.1) is 0 Å². The van der Waals surface area contributed by atoms with Crippen molar-refractivity contribution in [1.82, 2.24) is 10.6 Å². The number of carbonyl (C=O) groups excluding carboxylic acids is 3. The molecule has 1 heterocycles. The maximum atomic E-state index is 11.4. The van der Waals surface area contributed by atoms with Crippen LogP contribution in [-0.4, -0.2) is 42.4 Å². The Balaban J connectivity index is 2.42. The number of β-lactam (4-membered cyclic amide) rings is 1. The summed E-state index contributed by atoms with van der Waals surface area (Å²) in [7, 11) is 0. The number of alkyl carbamates (subject to hydrolysis) is 1. The van der Waals surface area contributed by atoms with E-state index >= 15 is 0 Å². The van der Waals surface area contributed by atoms with E-state index < -0.39 is 29.9 Å². The van der Waals surface area contributed by atoms with Crippen molar-refractivity contribution in [3.05, 3.63) is 0 Å². The van der Waals surface area contributed by atoms with E-state index in [4.69, 9.17) is 10.5 Å². The minimum Gasteiger partial charge on any atom is -0.447 e. The van der Waals surface area contributed by atoms with Crippen LogP contribution in [0.3, 0.4) is 0 Å². The number of hydrogen-bond acceptors (Lipinski definition) is 5. The van der Waals surface area contributed by atoms with Crippen molar-refractivity contribution in [2.24, 2.45) is 5.73 Å². The highest BCUT2D eigenvalue weighted by Crippen LogP contribution is 2.10. The predicted molar refractivity (Wildman–Crippen MR) is 60.6 cm³/mol. The van der Waals surface area contributed by atoms with E-state index in [-0.39, 0.29) is 12.5 Å². The molecule has 18 heavy (non-hydrogen) atoms. The lowest BCUT2D eigenvalue weighted by Gasteiger charge is -2.36. The van der Waals surface area contributed by atoms with Crippen LogP contribution in [0.1, 0.15) is 20.8 Å².